The summed E-state index contributed by atoms with van der Waals surface area (Å²) in [7, 11) is 0. The molecule has 7 heteroatoms. The summed E-state index contributed by atoms with van der Waals surface area (Å²) >= 11 is 7.42. The first kappa shape index (κ1) is 18.6. The Bertz CT molecular complexity index is 816. The van der Waals surface area contributed by atoms with Gasteiger partial charge in [-0.05, 0) is 36.8 Å². The van der Waals surface area contributed by atoms with E-state index in [1.807, 2.05) is 19.1 Å². The molecule has 0 saturated carbocycles. The Hall–Kier alpha value is -2.18. The molecular weight excluding hydrogens is 372 g/mol. The molecule has 1 fully saturated rings. The van der Waals surface area contributed by atoms with Gasteiger partial charge >= 0.3 is 0 Å². The van der Waals surface area contributed by atoms with Crippen LogP contribution in [0.2, 0.25) is 4.34 Å². The second-order valence-corrected chi connectivity index (χ2v) is 7.90. The Morgan fingerprint density at radius 3 is 2.31 bits per heavy atom. The second-order valence-electron chi connectivity index (χ2n) is 6.10. The van der Waals surface area contributed by atoms with Gasteiger partial charge in [0.25, 0.3) is 5.91 Å². The maximum absolute atomic E-state index is 12.7. The molecule has 0 unspecified atom stereocenters. The summed E-state index contributed by atoms with van der Waals surface area (Å²) in [6, 6.07) is 10.8. The summed E-state index contributed by atoms with van der Waals surface area (Å²) in [4.78, 5) is 40.2. The molecule has 26 heavy (non-hydrogen) atoms. The fraction of sp³-hybridized carbons (Fsp3) is 0.316. The van der Waals surface area contributed by atoms with Crippen molar-refractivity contribution in [3.8, 4) is 0 Å². The van der Waals surface area contributed by atoms with E-state index in [0.717, 1.165) is 10.4 Å². The van der Waals surface area contributed by atoms with Gasteiger partial charge in [-0.15, -0.1) is 11.3 Å². The first-order valence-corrected chi connectivity index (χ1v) is 9.63. The predicted molar refractivity (Wildman–Crippen MR) is 101 cm³/mol. The zero-order valence-electron chi connectivity index (χ0n) is 14.4. The number of carbonyl (C=O) groups is 3. The molecule has 0 bridgehead atoms. The average Bonchev–Trinajstić information content (AvgIpc) is 3.19. The van der Waals surface area contributed by atoms with Crippen LogP contribution in [0.15, 0.2) is 36.4 Å². The van der Waals surface area contributed by atoms with Crippen LogP contribution in [0.25, 0.3) is 0 Å². The van der Waals surface area contributed by atoms with Gasteiger partial charge in [0, 0.05) is 29.8 Å². The molecule has 0 N–H and O–H groups in total. The summed E-state index contributed by atoms with van der Waals surface area (Å²) < 4.78 is 0.707. The highest BCUT2D eigenvalue weighted by Gasteiger charge is 2.28. The fourth-order valence-corrected chi connectivity index (χ4v) is 3.97. The number of rotatable bonds is 6. The molecule has 3 rings (SSSR count). The van der Waals surface area contributed by atoms with Crippen molar-refractivity contribution in [2.24, 2.45) is 0 Å². The maximum Gasteiger partial charge on any atom is 0.254 e. The van der Waals surface area contributed by atoms with Crippen molar-refractivity contribution < 1.29 is 14.4 Å². The van der Waals surface area contributed by atoms with E-state index in [1.165, 1.54) is 16.2 Å². The SMILES string of the molecule is CCN(Cc1ccc(Cl)s1)C(=O)c1ccc(CN2C(=O)CCC2=O)cc1. The Labute approximate surface area is 161 Å². The number of amides is 3. The normalized spacial score (nSPS) is 14.2. The highest BCUT2D eigenvalue weighted by atomic mass is 35.5. The number of thiophene rings is 1. The van der Waals surface area contributed by atoms with Gasteiger partial charge in [0.1, 0.15) is 0 Å². The zero-order valence-corrected chi connectivity index (χ0v) is 16.0. The predicted octanol–water partition coefficient (Wildman–Crippen LogP) is 3.71. The van der Waals surface area contributed by atoms with E-state index in [1.54, 1.807) is 29.2 Å². The lowest BCUT2D eigenvalue weighted by Crippen LogP contribution is -2.30. The van der Waals surface area contributed by atoms with Crippen LogP contribution in [0.5, 0.6) is 0 Å². The van der Waals surface area contributed by atoms with Crippen molar-refractivity contribution >= 4 is 40.7 Å². The van der Waals surface area contributed by atoms with Gasteiger partial charge in [-0.3, -0.25) is 19.3 Å². The van der Waals surface area contributed by atoms with Crippen LogP contribution < -0.4 is 0 Å². The molecule has 136 valence electrons. The van der Waals surface area contributed by atoms with Crippen LogP contribution in [0.4, 0.5) is 0 Å². The number of imide groups is 1. The third kappa shape index (κ3) is 4.14. The second kappa shape index (κ2) is 8.01. The molecule has 0 aliphatic carbocycles. The van der Waals surface area contributed by atoms with Gasteiger partial charge in [-0.1, -0.05) is 23.7 Å². The Kier molecular flexibility index (Phi) is 5.74. The monoisotopic (exact) mass is 390 g/mol. The van der Waals surface area contributed by atoms with Gasteiger partial charge in [0.15, 0.2) is 0 Å². The molecule has 3 amide bonds. The largest absolute Gasteiger partial charge is 0.334 e. The van der Waals surface area contributed by atoms with E-state index in [9.17, 15) is 14.4 Å². The third-order valence-corrected chi connectivity index (χ3v) is 5.56. The number of nitrogens with zero attached hydrogens (tertiary/aromatic N) is 2. The standard InChI is InChI=1S/C19H19ClN2O3S/c1-2-21(12-15-7-8-16(20)26-15)19(25)14-5-3-13(4-6-14)11-22-17(23)9-10-18(22)24/h3-8H,2,9-12H2,1H3. The van der Waals surface area contributed by atoms with Crippen LogP contribution >= 0.6 is 22.9 Å². The molecule has 1 aromatic heterocycles. The topological polar surface area (TPSA) is 57.7 Å². The van der Waals surface area contributed by atoms with E-state index in [4.69, 9.17) is 11.6 Å². The Balaban J connectivity index is 1.67. The van der Waals surface area contributed by atoms with Crippen molar-refractivity contribution in [3.05, 3.63) is 56.7 Å². The highest BCUT2D eigenvalue weighted by molar-refractivity contribution is 7.16. The smallest absolute Gasteiger partial charge is 0.254 e. The molecule has 1 aliphatic heterocycles. The van der Waals surface area contributed by atoms with E-state index in [2.05, 4.69) is 0 Å². The zero-order chi connectivity index (χ0) is 18.7. The first-order valence-electron chi connectivity index (χ1n) is 8.43. The maximum atomic E-state index is 12.7. The molecule has 1 aliphatic rings. The van der Waals surface area contributed by atoms with E-state index >= 15 is 0 Å². The van der Waals surface area contributed by atoms with Gasteiger partial charge < -0.3 is 4.90 Å². The number of benzene rings is 1. The van der Waals surface area contributed by atoms with E-state index in [-0.39, 0.29) is 37.1 Å². The molecule has 5 nitrogen and oxygen atoms in total. The lowest BCUT2D eigenvalue weighted by atomic mass is 10.1. The number of hydrogen-bond acceptors (Lipinski definition) is 4. The van der Waals surface area contributed by atoms with Gasteiger partial charge in [0.05, 0.1) is 17.4 Å². The molecular formula is C19H19ClN2O3S. The van der Waals surface area contributed by atoms with E-state index in [0.29, 0.717) is 23.0 Å². The summed E-state index contributed by atoms with van der Waals surface area (Å²) in [6.45, 7) is 3.31. The summed E-state index contributed by atoms with van der Waals surface area (Å²) in [5, 5.41) is 0. The van der Waals surface area contributed by atoms with Crippen molar-refractivity contribution in [1.82, 2.24) is 9.80 Å². The van der Waals surface area contributed by atoms with Crippen LogP contribution in [0.1, 0.15) is 40.6 Å². The fourth-order valence-electron chi connectivity index (χ4n) is 2.87. The number of likely N-dealkylation sites (tertiary alicyclic amines) is 1. The third-order valence-electron chi connectivity index (χ3n) is 4.34. The van der Waals surface area contributed by atoms with Gasteiger partial charge in [0.2, 0.25) is 11.8 Å². The Morgan fingerprint density at radius 1 is 1.12 bits per heavy atom. The highest BCUT2D eigenvalue weighted by Crippen LogP contribution is 2.23. The average molecular weight is 391 g/mol. The summed E-state index contributed by atoms with van der Waals surface area (Å²) in [5.41, 5.74) is 1.41. The van der Waals surface area contributed by atoms with Gasteiger partial charge in [-0.2, -0.15) is 0 Å². The minimum Gasteiger partial charge on any atom is -0.334 e. The summed E-state index contributed by atoms with van der Waals surface area (Å²) in [5.74, 6) is -0.333. The number of halogens is 1. The molecule has 0 spiro atoms. The lowest BCUT2D eigenvalue weighted by molar-refractivity contribution is -0.139. The van der Waals surface area contributed by atoms with Crippen LogP contribution in [-0.4, -0.2) is 34.1 Å². The number of hydrogen-bond donors (Lipinski definition) is 0. The molecule has 1 saturated heterocycles. The minimum absolute atomic E-state index is 0.0584. The molecule has 2 heterocycles. The van der Waals surface area contributed by atoms with Crippen molar-refractivity contribution in [1.29, 1.82) is 0 Å². The van der Waals surface area contributed by atoms with Crippen LogP contribution in [0, 0.1) is 0 Å². The van der Waals surface area contributed by atoms with Crippen LogP contribution in [-0.2, 0) is 22.7 Å². The minimum atomic E-state index is -0.137. The van der Waals surface area contributed by atoms with Gasteiger partial charge in [-0.25, -0.2) is 0 Å². The van der Waals surface area contributed by atoms with Crippen molar-refractivity contribution in [3.63, 3.8) is 0 Å². The van der Waals surface area contributed by atoms with E-state index < -0.39 is 0 Å². The Morgan fingerprint density at radius 2 is 1.77 bits per heavy atom. The van der Waals surface area contributed by atoms with Crippen molar-refractivity contribution in [2.75, 3.05) is 6.54 Å². The lowest BCUT2D eigenvalue weighted by Gasteiger charge is -2.20. The molecule has 1 aromatic carbocycles. The molecule has 2 aromatic rings. The number of carbonyl (C=O) groups excluding carboxylic acids is 3. The van der Waals surface area contributed by atoms with Crippen molar-refractivity contribution in [2.45, 2.75) is 32.9 Å². The molecule has 0 atom stereocenters. The quantitative estimate of drug-likeness (QED) is 0.706. The van der Waals surface area contributed by atoms with Crippen LogP contribution in [0.3, 0.4) is 0 Å². The molecule has 0 radical (unpaired) electrons. The summed E-state index contributed by atoms with van der Waals surface area (Å²) in [6.07, 6.45) is 0.571. The first-order chi connectivity index (χ1) is 12.5.